The molecular weight excluding hydrogens is 240 g/mol. The van der Waals surface area contributed by atoms with Crippen LogP contribution in [-0.4, -0.2) is 10.2 Å². The maximum Gasteiger partial charge on any atom is 0.253 e. The van der Waals surface area contributed by atoms with E-state index in [4.69, 9.17) is 20.8 Å². The predicted octanol–water partition coefficient (Wildman–Crippen LogP) is 3.00. The third kappa shape index (κ3) is 2.77. The molecule has 0 N–H and O–H groups in total. The van der Waals surface area contributed by atoms with Crippen LogP contribution in [0, 0.1) is 13.8 Å². The maximum atomic E-state index is 5.62. The molecule has 0 aliphatic heterocycles. The summed E-state index contributed by atoms with van der Waals surface area (Å²) in [6.07, 6.45) is 0. The Labute approximate surface area is 105 Å². The Kier molecular flexibility index (Phi) is 3.64. The quantitative estimate of drug-likeness (QED) is 0.785. The van der Waals surface area contributed by atoms with E-state index in [0.29, 0.717) is 11.8 Å². The second kappa shape index (κ2) is 5.19. The van der Waals surface area contributed by atoms with Crippen LogP contribution < -0.4 is 4.74 Å². The number of alkyl halides is 1. The molecule has 0 unspecified atom stereocenters. The molecule has 5 heteroatoms. The Morgan fingerprint density at radius 3 is 2.71 bits per heavy atom. The van der Waals surface area contributed by atoms with Crippen LogP contribution >= 0.6 is 11.6 Å². The van der Waals surface area contributed by atoms with E-state index < -0.39 is 0 Å². The highest BCUT2D eigenvalue weighted by atomic mass is 35.5. The van der Waals surface area contributed by atoms with Gasteiger partial charge in [0.1, 0.15) is 11.6 Å². The van der Waals surface area contributed by atoms with E-state index >= 15 is 0 Å². The van der Waals surface area contributed by atoms with Gasteiger partial charge in [-0.2, -0.15) is 0 Å². The number of aryl methyl sites for hydroxylation is 1. The predicted molar refractivity (Wildman–Crippen MR) is 64.1 cm³/mol. The van der Waals surface area contributed by atoms with Crippen molar-refractivity contribution in [3.63, 3.8) is 0 Å². The molecule has 2 rings (SSSR count). The first-order chi connectivity index (χ1) is 8.20. The van der Waals surface area contributed by atoms with Crippen LogP contribution in [0.3, 0.4) is 0 Å². The summed E-state index contributed by atoms with van der Waals surface area (Å²) in [5.41, 5.74) is 2.30. The van der Waals surface area contributed by atoms with Gasteiger partial charge in [0.15, 0.2) is 6.61 Å². The number of nitrogens with zero attached hydrogens (tertiary/aromatic N) is 2. The van der Waals surface area contributed by atoms with Gasteiger partial charge in [-0.3, -0.25) is 0 Å². The summed E-state index contributed by atoms with van der Waals surface area (Å²) in [5, 5.41) is 7.59. The van der Waals surface area contributed by atoms with E-state index in [2.05, 4.69) is 10.2 Å². The molecule has 17 heavy (non-hydrogen) atoms. The van der Waals surface area contributed by atoms with E-state index in [-0.39, 0.29) is 12.5 Å². The van der Waals surface area contributed by atoms with Gasteiger partial charge in [0.05, 0.1) is 0 Å². The number of aromatic nitrogens is 2. The third-order valence-corrected chi connectivity index (χ3v) is 2.76. The van der Waals surface area contributed by atoms with E-state index in [1.54, 1.807) is 0 Å². The fraction of sp³-hybridized carbons (Fsp3) is 0.333. The molecular formula is C12H13ClN2O2. The fourth-order valence-electron chi connectivity index (χ4n) is 1.42. The Hall–Kier alpha value is -1.55. The van der Waals surface area contributed by atoms with Crippen molar-refractivity contribution in [2.45, 2.75) is 26.3 Å². The van der Waals surface area contributed by atoms with Crippen LogP contribution in [0.15, 0.2) is 22.6 Å². The zero-order valence-corrected chi connectivity index (χ0v) is 10.5. The number of rotatable bonds is 4. The highest BCUT2D eigenvalue weighted by molar-refractivity contribution is 6.16. The third-order valence-electron chi connectivity index (χ3n) is 2.53. The zero-order valence-electron chi connectivity index (χ0n) is 9.74. The molecule has 1 heterocycles. The number of ether oxygens (including phenoxy) is 1. The number of benzene rings is 1. The SMILES string of the molecule is Cc1cccc(OCc2nnc(CCl)o2)c1C. The molecule has 0 atom stereocenters. The summed E-state index contributed by atoms with van der Waals surface area (Å²) in [4.78, 5) is 0. The Bertz CT molecular complexity index is 511. The minimum absolute atomic E-state index is 0.219. The minimum atomic E-state index is 0.219. The first-order valence-corrected chi connectivity index (χ1v) is 5.80. The van der Waals surface area contributed by atoms with Crippen molar-refractivity contribution >= 4 is 11.6 Å². The van der Waals surface area contributed by atoms with Gasteiger partial charge in [-0.15, -0.1) is 21.8 Å². The van der Waals surface area contributed by atoms with E-state index in [9.17, 15) is 0 Å². The van der Waals surface area contributed by atoms with Crippen molar-refractivity contribution in [3.8, 4) is 5.75 Å². The molecule has 0 bridgehead atoms. The Balaban J connectivity index is 2.04. The van der Waals surface area contributed by atoms with Crippen LogP contribution in [0.2, 0.25) is 0 Å². The second-order valence-corrected chi connectivity index (χ2v) is 3.98. The van der Waals surface area contributed by atoms with E-state index in [1.165, 1.54) is 5.56 Å². The number of halogens is 1. The van der Waals surface area contributed by atoms with Crippen molar-refractivity contribution in [1.82, 2.24) is 10.2 Å². The normalized spacial score (nSPS) is 10.5. The molecule has 1 aromatic heterocycles. The van der Waals surface area contributed by atoms with Crippen LogP contribution in [0.5, 0.6) is 5.75 Å². The highest BCUT2D eigenvalue weighted by Crippen LogP contribution is 2.21. The molecule has 0 aliphatic rings. The van der Waals surface area contributed by atoms with Gasteiger partial charge >= 0.3 is 0 Å². The minimum Gasteiger partial charge on any atom is -0.484 e. The standard InChI is InChI=1S/C12H13ClN2O2/c1-8-4-3-5-10(9(8)2)16-7-12-15-14-11(6-13)17-12/h3-5H,6-7H2,1-2H3. The van der Waals surface area contributed by atoms with Crippen LogP contribution in [0.1, 0.15) is 22.9 Å². The monoisotopic (exact) mass is 252 g/mol. The van der Waals surface area contributed by atoms with Crippen molar-refractivity contribution in [3.05, 3.63) is 41.1 Å². The lowest BCUT2D eigenvalue weighted by Gasteiger charge is -2.08. The topological polar surface area (TPSA) is 48.2 Å². The molecule has 0 fully saturated rings. The van der Waals surface area contributed by atoms with Gasteiger partial charge in [-0.1, -0.05) is 12.1 Å². The molecule has 0 spiro atoms. The largest absolute Gasteiger partial charge is 0.484 e. The van der Waals surface area contributed by atoms with E-state index in [0.717, 1.165) is 11.3 Å². The molecule has 4 nitrogen and oxygen atoms in total. The fourth-order valence-corrected chi connectivity index (χ4v) is 1.53. The molecule has 1 aromatic carbocycles. The molecule has 2 aromatic rings. The summed E-state index contributed by atoms with van der Waals surface area (Å²) in [6, 6.07) is 5.91. The Morgan fingerprint density at radius 1 is 1.24 bits per heavy atom. The van der Waals surface area contributed by atoms with Crippen molar-refractivity contribution in [2.24, 2.45) is 0 Å². The zero-order chi connectivity index (χ0) is 12.3. The molecule has 0 aliphatic carbocycles. The van der Waals surface area contributed by atoms with Crippen molar-refractivity contribution < 1.29 is 9.15 Å². The highest BCUT2D eigenvalue weighted by Gasteiger charge is 2.07. The summed E-state index contributed by atoms with van der Waals surface area (Å²) < 4.78 is 10.9. The van der Waals surface area contributed by atoms with Crippen LogP contribution in [-0.2, 0) is 12.5 Å². The second-order valence-electron chi connectivity index (χ2n) is 3.71. The molecule has 0 radical (unpaired) electrons. The van der Waals surface area contributed by atoms with Gasteiger partial charge in [0.2, 0.25) is 5.89 Å². The van der Waals surface area contributed by atoms with Crippen LogP contribution in [0.4, 0.5) is 0 Å². The van der Waals surface area contributed by atoms with Crippen molar-refractivity contribution in [1.29, 1.82) is 0 Å². The van der Waals surface area contributed by atoms with Gasteiger partial charge in [-0.05, 0) is 31.0 Å². The average Bonchev–Trinajstić information content (AvgIpc) is 2.79. The van der Waals surface area contributed by atoms with Crippen LogP contribution in [0.25, 0.3) is 0 Å². The number of hydrogen-bond acceptors (Lipinski definition) is 4. The molecule has 90 valence electrons. The summed E-state index contributed by atoms with van der Waals surface area (Å²) in [6.45, 7) is 4.32. The first kappa shape index (κ1) is 11.9. The van der Waals surface area contributed by atoms with Gasteiger partial charge < -0.3 is 9.15 Å². The van der Waals surface area contributed by atoms with E-state index in [1.807, 2.05) is 32.0 Å². The molecule has 0 saturated carbocycles. The smallest absolute Gasteiger partial charge is 0.253 e. The lowest BCUT2D eigenvalue weighted by Crippen LogP contribution is -1.98. The Morgan fingerprint density at radius 2 is 2.00 bits per heavy atom. The summed E-state index contributed by atoms with van der Waals surface area (Å²) in [5.74, 6) is 1.89. The summed E-state index contributed by atoms with van der Waals surface area (Å²) in [7, 11) is 0. The van der Waals surface area contributed by atoms with Gasteiger partial charge in [0, 0.05) is 0 Å². The first-order valence-electron chi connectivity index (χ1n) is 5.27. The summed E-state index contributed by atoms with van der Waals surface area (Å²) >= 11 is 5.57. The van der Waals surface area contributed by atoms with Crippen molar-refractivity contribution in [2.75, 3.05) is 0 Å². The lowest BCUT2D eigenvalue weighted by atomic mass is 10.1. The average molecular weight is 253 g/mol. The van der Waals surface area contributed by atoms with Gasteiger partial charge in [0.25, 0.3) is 5.89 Å². The lowest BCUT2D eigenvalue weighted by molar-refractivity contribution is 0.258. The van der Waals surface area contributed by atoms with Gasteiger partial charge in [-0.25, -0.2) is 0 Å². The molecule has 0 saturated heterocycles. The number of hydrogen-bond donors (Lipinski definition) is 0. The molecule has 0 amide bonds. The maximum absolute atomic E-state index is 5.62.